The molecule has 0 aliphatic heterocycles. The summed E-state index contributed by atoms with van der Waals surface area (Å²) >= 11 is 2.54. The number of thioether (sulfide) groups is 1. The third-order valence-electron chi connectivity index (χ3n) is 7.12. The zero-order chi connectivity index (χ0) is 34.6. The van der Waals surface area contributed by atoms with Crippen LogP contribution in [0.5, 0.6) is 0 Å². The van der Waals surface area contributed by atoms with Gasteiger partial charge in [-0.3, -0.25) is 19.2 Å². The zero-order valence-corrected chi connectivity index (χ0v) is 28.5. The molecule has 11 heteroatoms. The highest BCUT2D eigenvalue weighted by Gasteiger charge is 2.24. The fourth-order valence-electron chi connectivity index (χ4n) is 4.71. The van der Waals surface area contributed by atoms with E-state index >= 15 is 0 Å². The van der Waals surface area contributed by atoms with Crippen LogP contribution in [-0.2, 0) is 25.5 Å². The molecule has 49 heavy (non-hydrogen) atoms. The van der Waals surface area contributed by atoms with Crippen LogP contribution < -0.4 is 16.0 Å². The molecule has 5 rings (SSSR count). The predicted molar refractivity (Wildman–Crippen MR) is 194 cm³/mol. The van der Waals surface area contributed by atoms with Crippen LogP contribution in [-0.4, -0.2) is 35.3 Å². The first kappa shape index (κ1) is 34.8. The van der Waals surface area contributed by atoms with Crippen molar-refractivity contribution in [2.75, 3.05) is 17.2 Å². The summed E-state index contributed by atoms with van der Waals surface area (Å²) < 4.78 is 5.00. The summed E-state index contributed by atoms with van der Waals surface area (Å²) in [7, 11) is 0. The maximum absolute atomic E-state index is 13.7. The lowest BCUT2D eigenvalue weighted by Crippen LogP contribution is -2.30. The van der Waals surface area contributed by atoms with Crippen molar-refractivity contribution < 1.29 is 23.9 Å². The maximum atomic E-state index is 13.7. The molecule has 0 aliphatic rings. The fourth-order valence-corrected chi connectivity index (χ4v) is 6.50. The Hall–Kier alpha value is -5.52. The number of benzene rings is 4. The number of carbonyl (C=O) groups is 4. The minimum atomic E-state index is -0.661. The Bertz CT molecular complexity index is 1960. The van der Waals surface area contributed by atoms with Crippen molar-refractivity contribution in [3.05, 3.63) is 148 Å². The molecular weight excluding hydrogens is 657 g/mol. The van der Waals surface area contributed by atoms with Crippen LogP contribution in [0.25, 0.3) is 6.08 Å². The van der Waals surface area contributed by atoms with Gasteiger partial charge in [-0.25, -0.2) is 4.98 Å². The largest absolute Gasteiger partial charge is 0.466 e. The number of aromatic nitrogens is 1. The van der Waals surface area contributed by atoms with Gasteiger partial charge in [0, 0.05) is 21.5 Å². The van der Waals surface area contributed by atoms with Crippen LogP contribution in [0.1, 0.15) is 44.9 Å². The zero-order valence-electron chi connectivity index (χ0n) is 26.8. The Morgan fingerprint density at radius 1 is 0.878 bits per heavy atom. The molecule has 0 bridgehead atoms. The summed E-state index contributed by atoms with van der Waals surface area (Å²) in [5.41, 5.74) is 4.00. The van der Waals surface area contributed by atoms with E-state index in [1.165, 1.54) is 23.1 Å². The molecule has 9 nitrogen and oxygen atoms in total. The van der Waals surface area contributed by atoms with E-state index in [9.17, 15) is 19.2 Å². The van der Waals surface area contributed by atoms with E-state index < -0.39 is 17.1 Å². The predicted octanol–water partition coefficient (Wildman–Crippen LogP) is 7.44. The lowest BCUT2D eigenvalue weighted by atomic mass is 10.1. The van der Waals surface area contributed by atoms with Crippen molar-refractivity contribution in [2.45, 2.75) is 30.4 Å². The number of carbonyl (C=O) groups excluding carboxylic acids is 4. The number of rotatable bonds is 13. The van der Waals surface area contributed by atoms with Gasteiger partial charge in [0.2, 0.25) is 5.91 Å². The molecule has 4 aromatic carbocycles. The van der Waals surface area contributed by atoms with E-state index in [0.29, 0.717) is 22.1 Å². The number of hydrogen-bond donors (Lipinski definition) is 3. The number of thiazole rings is 1. The molecule has 0 saturated heterocycles. The highest BCUT2D eigenvalue weighted by molar-refractivity contribution is 8.00. The van der Waals surface area contributed by atoms with Crippen LogP contribution in [0, 0.1) is 6.92 Å². The first-order chi connectivity index (χ1) is 23.8. The summed E-state index contributed by atoms with van der Waals surface area (Å²) in [6.07, 6.45) is 1.67. The van der Waals surface area contributed by atoms with Crippen LogP contribution in [0.2, 0.25) is 0 Å². The number of anilines is 2. The molecule has 0 saturated carbocycles. The quantitative estimate of drug-likeness (QED) is 0.0666. The second-order valence-electron chi connectivity index (χ2n) is 10.7. The first-order valence-electron chi connectivity index (χ1n) is 15.5. The molecular formula is C38H34N4O5S2. The van der Waals surface area contributed by atoms with E-state index in [1.807, 2.05) is 73.7 Å². The molecule has 0 radical (unpaired) electrons. The monoisotopic (exact) mass is 690 g/mol. The number of hydrogen-bond acceptors (Lipinski definition) is 8. The van der Waals surface area contributed by atoms with Gasteiger partial charge in [0.25, 0.3) is 11.8 Å². The van der Waals surface area contributed by atoms with Crippen molar-refractivity contribution in [1.29, 1.82) is 0 Å². The van der Waals surface area contributed by atoms with Crippen molar-refractivity contribution in [2.24, 2.45) is 0 Å². The molecule has 0 spiro atoms. The molecule has 248 valence electrons. The van der Waals surface area contributed by atoms with Gasteiger partial charge in [0.05, 0.1) is 18.7 Å². The minimum absolute atomic E-state index is 0.0212. The summed E-state index contributed by atoms with van der Waals surface area (Å²) in [5.74, 6) is -1.60. The highest BCUT2D eigenvalue weighted by atomic mass is 32.2. The third-order valence-corrected chi connectivity index (χ3v) is 9.17. The lowest BCUT2D eigenvalue weighted by Gasteiger charge is -2.17. The Morgan fingerprint density at radius 3 is 2.33 bits per heavy atom. The van der Waals surface area contributed by atoms with E-state index in [1.54, 1.807) is 60.8 Å². The van der Waals surface area contributed by atoms with Crippen LogP contribution in [0.15, 0.2) is 125 Å². The number of aryl methyl sites for hydroxylation is 1. The Labute approximate surface area is 292 Å². The second-order valence-corrected chi connectivity index (χ2v) is 12.8. The second kappa shape index (κ2) is 17.0. The van der Waals surface area contributed by atoms with Crippen LogP contribution >= 0.6 is 23.1 Å². The Kier molecular flexibility index (Phi) is 12.1. The van der Waals surface area contributed by atoms with E-state index in [-0.39, 0.29) is 30.6 Å². The molecule has 1 aromatic heterocycles. The van der Waals surface area contributed by atoms with Gasteiger partial charge in [-0.15, -0.1) is 23.1 Å². The van der Waals surface area contributed by atoms with Gasteiger partial charge in [-0.2, -0.15) is 0 Å². The van der Waals surface area contributed by atoms with Gasteiger partial charge >= 0.3 is 5.97 Å². The van der Waals surface area contributed by atoms with Crippen molar-refractivity contribution in [1.82, 2.24) is 10.3 Å². The summed E-state index contributed by atoms with van der Waals surface area (Å²) in [6.45, 7) is 3.95. The molecule has 3 N–H and O–H groups in total. The topological polar surface area (TPSA) is 126 Å². The molecule has 0 fully saturated rings. The highest BCUT2D eigenvalue weighted by Crippen LogP contribution is 2.37. The van der Waals surface area contributed by atoms with Gasteiger partial charge < -0.3 is 20.7 Å². The normalized spacial score (nSPS) is 11.7. The number of nitrogens with one attached hydrogen (secondary N) is 3. The Morgan fingerprint density at radius 2 is 1.59 bits per heavy atom. The molecule has 1 unspecified atom stereocenters. The standard InChI is InChI=1S/C38H34N4O5S2/c1-3-47-33(43)23-30-24-48-38(40-30)42-37(46)34(26-14-6-4-7-15-26)49-31-20-12-19-29(22-31)39-36(45)32(21-28-18-11-10-13-25(28)2)41-35(44)27-16-8-5-9-17-27/h4-22,24,34H,3,23H2,1-2H3,(H,39,45)(H,41,44)(H,40,42,46)/b32-21-. The first-order valence-corrected chi connectivity index (χ1v) is 17.2. The summed E-state index contributed by atoms with van der Waals surface area (Å²) in [4.78, 5) is 57.4. The number of ether oxygens (including phenoxy) is 1. The lowest BCUT2D eigenvalue weighted by molar-refractivity contribution is -0.142. The van der Waals surface area contributed by atoms with Crippen molar-refractivity contribution in [3.8, 4) is 0 Å². The molecule has 1 atom stereocenters. The summed E-state index contributed by atoms with van der Waals surface area (Å²) in [6, 6.07) is 32.7. The number of amides is 3. The molecule has 1 heterocycles. The fraction of sp³-hybridized carbons (Fsp3) is 0.132. The van der Waals surface area contributed by atoms with Crippen LogP contribution in [0.3, 0.4) is 0 Å². The van der Waals surface area contributed by atoms with Gasteiger partial charge in [0.15, 0.2) is 5.13 Å². The smallest absolute Gasteiger partial charge is 0.311 e. The third kappa shape index (κ3) is 9.99. The van der Waals surface area contributed by atoms with Gasteiger partial charge in [-0.05, 0) is 66.9 Å². The Balaban J connectivity index is 1.34. The van der Waals surface area contributed by atoms with Gasteiger partial charge in [-0.1, -0.05) is 78.9 Å². The van der Waals surface area contributed by atoms with Crippen molar-refractivity contribution in [3.63, 3.8) is 0 Å². The summed E-state index contributed by atoms with van der Waals surface area (Å²) in [5, 5.41) is 9.99. The maximum Gasteiger partial charge on any atom is 0.311 e. The van der Waals surface area contributed by atoms with Crippen molar-refractivity contribution >= 4 is 63.7 Å². The molecule has 5 aromatic rings. The van der Waals surface area contributed by atoms with Crippen LogP contribution in [0.4, 0.5) is 10.8 Å². The average Bonchev–Trinajstić information content (AvgIpc) is 3.54. The van der Waals surface area contributed by atoms with E-state index in [4.69, 9.17) is 4.74 Å². The minimum Gasteiger partial charge on any atom is -0.466 e. The van der Waals surface area contributed by atoms with E-state index in [0.717, 1.165) is 21.6 Å². The SMILES string of the molecule is CCOC(=O)Cc1csc(NC(=O)C(Sc2cccc(NC(=O)/C(=C/c3ccccc3C)NC(=O)c3ccccc3)c2)c2ccccc2)n1. The van der Waals surface area contributed by atoms with E-state index in [2.05, 4.69) is 20.9 Å². The van der Waals surface area contributed by atoms with Gasteiger partial charge in [0.1, 0.15) is 10.9 Å². The molecule has 0 aliphatic carbocycles. The molecule has 3 amide bonds. The number of esters is 1. The number of nitrogens with zero attached hydrogens (tertiary/aromatic N) is 1. The average molecular weight is 691 g/mol.